The van der Waals surface area contributed by atoms with Crippen molar-refractivity contribution in [3.8, 4) is 11.5 Å². The highest BCUT2D eigenvalue weighted by molar-refractivity contribution is 5.93. The van der Waals surface area contributed by atoms with Gasteiger partial charge in [-0.2, -0.15) is 5.10 Å². The Morgan fingerprint density at radius 3 is 2.06 bits per heavy atom. The van der Waals surface area contributed by atoms with Crippen LogP contribution < -0.4 is 14.9 Å². The smallest absolute Gasteiger partial charge is 0.289 e. The van der Waals surface area contributed by atoms with Crippen molar-refractivity contribution >= 4 is 12.1 Å². The van der Waals surface area contributed by atoms with Crippen LogP contribution >= 0.6 is 0 Å². The van der Waals surface area contributed by atoms with Crippen LogP contribution in [0.2, 0.25) is 0 Å². The third kappa shape index (κ3) is 6.51. The molecule has 0 spiro atoms. The van der Waals surface area contributed by atoms with E-state index in [-0.39, 0.29) is 5.91 Å². The molecule has 1 N–H and O–H groups in total. The van der Waals surface area contributed by atoms with Crippen molar-refractivity contribution in [3.05, 3.63) is 126 Å². The Morgan fingerprint density at radius 2 is 1.42 bits per heavy atom. The average molecular weight is 437 g/mol. The summed E-state index contributed by atoms with van der Waals surface area (Å²) in [5.41, 5.74) is 5.65. The summed E-state index contributed by atoms with van der Waals surface area (Å²) in [6, 6.07) is 30.5. The fourth-order valence-corrected chi connectivity index (χ4v) is 3.03. The number of nitrogens with zero attached hydrogens (tertiary/aromatic N) is 2. The van der Waals surface area contributed by atoms with Gasteiger partial charge in [0.15, 0.2) is 11.5 Å². The topological polar surface area (TPSA) is 72.8 Å². The first kappa shape index (κ1) is 21.8. The van der Waals surface area contributed by atoms with Gasteiger partial charge in [-0.1, -0.05) is 66.7 Å². The van der Waals surface area contributed by atoms with Gasteiger partial charge in [-0.3, -0.25) is 9.78 Å². The van der Waals surface area contributed by atoms with Crippen molar-refractivity contribution in [2.24, 2.45) is 5.10 Å². The van der Waals surface area contributed by atoms with Crippen molar-refractivity contribution in [1.29, 1.82) is 0 Å². The third-order valence-corrected chi connectivity index (χ3v) is 4.72. The number of hydrazone groups is 1. The zero-order chi connectivity index (χ0) is 22.7. The lowest BCUT2D eigenvalue weighted by Gasteiger charge is -2.14. The predicted molar refractivity (Wildman–Crippen MR) is 127 cm³/mol. The van der Waals surface area contributed by atoms with Gasteiger partial charge in [0.25, 0.3) is 5.91 Å². The minimum absolute atomic E-state index is 0.297. The molecule has 33 heavy (non-hydrogen) atoms. The Kier molecular flexibility index (Phi) is 7.42. The second kappa shape index (κ2) is 11.2. The molecule has 3 aromatic carbocycles. The molecule has 1 amide bonds. The normalized spacial score (nSPS) is 10.7. The zero-order valence-electron chi connectivity index (χ0n) is 17.9. The highest BCUT2D eigenvalue weighted by atomic mass is 16.5. The molecule has 0 unspecified atom stereocenters. The van der Waals surface area contributed by atoms with Gasteiger partial charge >= 0.3 is 0 Å². The Bertz CT molecular complexity index is 1200. The molecule has 6 heteroatoms. The Hall–Kier alpha value is -4.45. The summed E-state index contributed by atoms with van der Waals surface area (Å²) < 4.78 is 12.1. The average Bonchev–Trinajstić information content (AvgIpc) is 2.88. The van der Waals surface area contributed by atoms with Gasteiger partial charge in [-0.15, -0.1) is 0 Å². The van der Waals surface area contributed by atoms with E-state index in [1.807, 2.05) is 78.9 Å². The molecule has 0 saturated carbocycles. The monoisotopic (exact) mass is 437 g/mol. The summed E-state index contributed by atoms with van der Waals surface area (Å²) in [5, 5.41) is 4.04. The van der Waals surface area contributed by atoms with Crippen molar-refractivity contribution in [2.45, 2.75) is 13.2 Å². The molecule has 0 radical (unpaired) electrons. The number of ether oxygens (including phenoxy) is 2. The van der Waals surface area contributed by atoms with Gasteiger partial charge in [-0.05, 0) is 47.0 Å². The lowest BCUT2D eigenvalue weighted by Crippen LogP contribution is -2.18. The van der Waals surface area contributed by atoms with E-state index in [9.17, 15) is 4.79 Å². The van der Waals surface area contributed by atoms with Crippen LogP contribution in [0.4, 0.5) is 0 Å². The molecular weight excluding hydrogens is 414 g/mol. The Balaban J connectivity index is 1.47. The van der Waals surface area contributed by atoms with Gasteiger partial charge in [0.05, 0.1) is 6.21 Å². The molecule has 4 aromatic rings. The van der Waals surface area contributed by atoms with Crippen LogP contribution in [-0.4, -0.2) is 17.1 Å². The van der Waals surface area contributed by atoms with Crippen LogP contribution in [0.25, 0.3) is 0 Å². The van der Waals surface area contributed by atoms with Crippen LogP contribution in [-0.2, 0) is 13.2 Å². The van der Waals surface area contributed by atoms with Gasteiger partial charge in [0.1, 0.15) is 18.9 Å². The molecule has 0 aliphatic carbocycles. The number of pyridine rings is 1. The van der Waals surface area contributed by atoms with Gasteiger partial charge < -0.3 is 9.47 Å². The summed E-state index contributed by atoms with van der Waals surface area (Å²) >= 11 is 0. The SMILES string of the molecule is O=C(NN=Cc1ccc(OCc2ccccc2)c(OCc2ccccc2)c1)c1ccccn1. The number of carbonyl (C=O) groups is 1. The standard InChI is InChI=1S/C27H23N3O3/c31-27(24-13-7-8-16-28-24)30-29-18-23-14-15-25(32-19-21-9-3-1-4-10-21)26(17-23)33-20-22-11-5-2-6-12-22/h1-18H,19-20H2,(H,30,31). The zero-order valence-corrected chi connectivity index (χ0v) is 17.9. The first-order valence-corrected chi connectivity index (χ1v) is 10.5. The quantitative estimate of drug-likeness (QED) is 0.295. The van der Waals surface area contributed by atoms with Crippen molar-refractivity contribution in [3.63, 3.8) is 0 Å². The van der Waals surface area contributed by atoms with E-state index in [1.54, 1.807) is 30.6 Å². The number of hydrogen-bond donors (Lipinski definition) is 1. The molecule has 1 heterocycles. The summed E-state index contributed by atoms with van der Waals surface area (Å²) in [5.74, 6) is 0.842. The molecule has 0 fully saturated rings. The lowest BCUT2D eigenvalue weighted by molar-refractivity contribution is 0.0950. The first-order chi connectivity index (χ1) is 16.3. The number of amides is 1. The number of hydrogen-bond acceptors (Lipinski definition) is 5. The second-order valence-electron chi connectivity index (χ2n) is 7.17. The number of aromatic nitrogens is 1. The number of rotatable bonds is 9. The molecular formula is C27H23N3O3. The summed E-state index contributed by atoms with van der Waals surface area (Å²) in [6.45, 7) is 0.829. The van der Waals surface area contributed by atoms with Crippen LogP contribution in [0, 0.1) is 0 Å². The van der Waals surface area contributed by atoms with E-state index >= 15 is 0 Å². The van der Waals surface area contributed by atoms with Crippen molar-refractivity contribution in [1.82, 2.24) is 10.4 Å². The van der Waals surface area contributed by atoms with Crippen molar-refractivity contribution in [2.75, 3.05) is 0 Å². The summed E-state index contributed by atoms with van der Waals surface area (Å²) in [6.07, 6.45) is 3.11. The summed E-state index contributed by atoms with van der Waals surface area (Å²) in [7, 11) is 0. The summed E-state index contributed by atoms with van der Waals surface area (Å²) in [4.78, 5) is 16.1. The molecule has 6 nitrogen and oxygen atoms in total. The fraction of sp³-hybridized carbons (Fsp3) is 0.0741. The maximum Gasteiger partial charge on any atom is 0.289 e. The minimum Gasteiger partial charge on any atom is -0.485 e. The predicted octanol–water partition coefficient (Wildman–Crippen LogP) is 5.00. The minimum atomic E-state index is -0.379. The highest BCUT2D eigenvalue weighted by Crippen LogP contribution is 2.29. The molecule has 164 valence electrons. The Morgan fingerprint density at radius 1 is 0.788 bits per heavy atom. The molecule has 0 saturated heterocycles. The van der Waals surface area contributed by atoms with E-state index in [1.165, 1.54) is 0 Å². The third-order valence-electron chi connectivity index (χ3n) is 4.72. The van der Waals surface area contributed by atoms with Crippen molar-refractivity contribution < 1.29 is 14.3 Å². The molecule has 0 atom stereocenters. The van der Waals surface area contributed by atoms with Crippen LogP contribution in [0.1, 0.15) is 27.2 Å². The first-order valence-electron chi connectivity index (χ1n) is 10.5. The van der Waals surface area contributed by atoms with E-state index in [4.69, 9.17) is 9.47 Å². The van der Waals surface area contributed by atoms with Crippen LogP contribution in [0.3, 0.4) is 0 Å². The highest BCUT2D eigenvalue weighted by Gasteiger charge is 2.08. The van der Waals surface area contributed by atoms with E-state index in [2.05, 4.69) is 15.5 Å². The molecule has 0 aliphatic heterocycles. The lowest BCUT2D eigenvalue weighted by atomic mass is 10.2. The maximum atomic E-state index is 12.1. The fourth-order valence-electron chi connectivity index (χ4n) is 3.03. The largest absolute Gasteiger partial charge is 0.485 e. The maximum absolute atomic E-state index is 12.1. The van der Waals surface area contributed by atoms with Gasteiger partial charge in [0.2, 0.25) is 0 Å². The molecule has 0 bridgehead atoms. The molecule has 0 aliphatic rings. The number of carbonyl (C=O) groups excluding carboxylic acids is 1. The van der Waals surface area contributed by atoms with E-state index in [0.29, 0.717) is 30.4 Å². The number of nitrogens with one attached hydrogen (secondary N) is 1. The van der Waals surface area contributed by atoms with E-state index < -0.39 is 0 Å². The van der Waals surface area contributed by atoms with Gasteiger partial charge in [-0.25, -0.2) is 5.43 Å². The molecule has 4 rings (SSSR count). The van der Waals surface area contributed by atoms with Crippen LogP contribution in [0.5, 0.6) is 11.5 Å². The Labute approximate surface area is 192 Å². The van der Waals surface area contributed by atoms with Gasteiger partial charge in [0, 0.05) is 6.20 Å². The van der Waals surface area contributed by atoms with Crippen LogP contribution in [0.15, 0.2) is 108 Å². The number of benzene rings is 3. The second-order valence-corrected chi connectivity index (χ2v) is 7.17. The van der Waals surface area contributed by atoms with E-state index in [0.717, 1.165) is 16.7 Å². The molecule has 1 aromatic heterocycles.